The van der Waals surface area contributed by atoms with E-state index < -0.39 is 0 Å². The number of ether oxygens (including phenoxy) is 1. The minimum absolute atomic E-state index is 0.187. The van der Waals surface area contributed by atoms with Gasteiger partial charge in [0.2, 0.25) is 0 Å². The predicted molar refractivity (Wildman–Crippen MR) is 99.5 cm³/mol. The first-order valence-electron chi connectivity index (χ1n) is 8.57. The lowest BCUT2D eigenvalue weighted by Crippen LogP contribution is -2.30. The molecule has 1 saturated heterocycles. The predicted octanol–water partition coefficient (Wildman–Crippen LogP) is 3.12. The Hall–Kier alpha value is -2.41. The van der Waals surface area contributed by atoms with Crippen LogP contribution in [0.4, 0.5) is 5.69 Å². The molecule has 0 saturated carbocycles. The quantitative estimate of drug-likeness (QED) is 0.745. The summed E-state index contributed by atoms with van der Waals surface area (Å²) in [5, 5.41) is 12.1. The van der Waals surface area contributed by atoms with Crippen molar-refractivity contribution in [3.8, 4) is 0 Å². The zero-order valence-electron chi connectivity index (χ0n) is 14.0. The van der Waals surface area contributed by atoms with E-state index in [1.54, 1.807) is 12.1 Å². The number of nitrogens with zero attached hydrogens (tertiary/aromatic N) is 2. The van der Waals surface area contributed by atoms with Crippen molar-refractivity contribution >= 4 is 34.1 Å². The van der Waals surface area contributed by atoms with Gasteiger partial charge in [-0.3, -0.25) is 9.48 Å². The maximum atomic E-state index is 12.9. The summed E-state index contributed by atoms with van der Waals surface area (Å²) >= 11 is 6.22. The van der Waals surface area contributed by atoms with Gasteiger partial charge >= 0.3 is 0 Å². The summed E-state index contributed by atoms with van der Waals surface area (Å²) in [6, 6.07) is 9.70. The zero-order valence-corrected chi connectivity index (χ0v) is 14.7. The molecule has 1 amide bonds. The number of nitrogens with one attached hydrogen (secondary N) is 2. The maximum Gasteiger partial charge on any atom is 0.256 e. The summed E-state index contributed by atoms with van der Waals surface area (Å²) < 4.78 is 7.09. The first-order valence-corrected chi connectivity index (χ1v) is 8.95. The van der Waals surface area contributed by atoms with Crippen LogP contribution in [-0.4, -0.2) is 28.9 Å². The molecule has 0 radical (unpaired) electrons. The van der Waals surface area contributed by atoms with Crippen molar-refractivity contribution in [2.24, 2.45) is 0 Å². The van der Waals surface area contributed by atoms with Crippen LogP contribution in [0.2, 0.25) is 5.02 Å². The van der Waals surface area contributed by atoms with Gasteiger partial charge < -0.3 is 15.4 Å². The van der Waals surface area contributed by atoms with Gasteiger partial charge in [0, 0.05) is 35.4 Å². The molecular weight excluding hydrogens is 352 g/mol. The first-order chi connectivity index (χ1) is 12.7. The van der Waals surface area contributed by atoms with Crippen molar-refractivity contribution in [2.45, 2.75) is 19.1 Å². The molecule has 5 rings (SSSR count). The molecule has 6 nitrogen and oxygen atoms in total. The van der Waals surface area contributed by atoms with Crippen LogP contribution in [0.25, 0.3) is 10.9 Å². The van der Waals surface area contributed by atoms with Crippen LogP contribution in [0.15, 0.2) is 36.5 Å². The second-order valence-corrected chi connectivity index (χ2v) is 7.16. The fourth-order valence-electron chi connectivity index (χ4n) is 3.43. The lowest BCUT2D eigenvalue weighted by atomic mass is 10.1. The molecule has 132 valence electrons. The molecule has 0 unspecified atom stereocenters. The topological polar surface area (TPSA) is 68.2 Å². The molecule has 2 aliphatic heterocycles. The van der Waals surface area contributed by atoms with E-state index in [2.05, 4.69) is 15.7 Å². The van der Waals surface area contributed by atoms with Crippen molar-refractivity contribution in [1.29, 1.82) is 0 Å². The van der Waals surface area contributed by atoms with Gasteiger partial charge in [0.15, 0.2) is 0 Å². The molecule has 3 heterocycles. The molecule has 1 fully saturated rings. The van der Waals surface area contributed by atoms with E-state index in [0.717, 1.165) is 24.2 Å². The number of hydrogen-bond acceptors (Lipinski definition) is 4. The van der Waals surface area contributed by atoms with E-state index in [4.69, 9.17) is 16.3 Å². The van der Waals surface area contributed by atoms with Gasteiger partial charge in [0.25, 0.3) is 5.91 Å². The average molecular weight is 369 g/mol. The standard InChI is InChI=1S/C19H17ClN4O2/c20-13-4-16(17-8-24(15-9-26-10-15)23-18(17)5-13)19(25)22-14-2-1-11-6-21-7-12(11)3-14/h1-5,8,15,21H,6-7,9-10H2,(H,22,25). The zero-order chi connectivity index (χ0) is 17.7. The van der Waals surface area contributed by atoms with Gasteiger partial charge in [-0.25, -0.2) is 0 Å². The Bertz CT molecular complexity index is 1030. The highest BCUT2D eigenvalue weighted by Crippen LogP contribution is 2.27. The van der Waals surface area contributed by atoms with Crippen LogP contribution in [-0.2, 0) is 17.8 Å². The van der Waals surface area contributed by atoms with E-state index in [1.165, 1.54) is 11.1 Å². The molecular formula is C19H17ClN4O2. The monoisotopic (exact) mass is 368 g/mol. The van der Waals surface area contributed by atoms with Gasteiger partial charge in [-0.2, -0.15) is 5.10 Å². The number of carbonyl (C=O) groups excluding carboxylic acids is 1. The number of benzene rings is 2. The molecule has 2 aromatic carbocycles. The fraction of sp³-hybridized carbons (Fsp3) is 0.263. The number of anilines is 1. The number of rotatable bonds is 3. The largest absolute Gasteiger partial charge is 0.377 e. The number of halogens is 1. The van der Waals surface area contributed by atoms with Crippen molar-refractivity contribution in [1.82, 2.24) is 15.1 Å². The van der Waals surface area contributed by atoms with Crippen LogP contribution in [0, 0.1) is 0 Å². The molecule has 0 spiro atoms. The van der Waals surface area contributed by atoms with Crippen molar-refractivity contribution < 1.29 is 9.53 Å². The Labute approximate surface area is 155 Å². The van der Waals surface area contributed by atoms with E-state index in [1.807, 2.05) is 29.1 Å². The van der Waals surface area contributed by atoms with Gasteiger partial charge in [-0.05, 0) is 35.4 Å². The first kappa shape index (κ1) is 15.8. The third kappa shape index (κ3) is 2.67. The minimum atomic E-state index is -0.187. The van der Waals surface area contributed by atoms with E-state index in [-0.39, 0.29) is 11.9 Å². The third-order valence-corrected chi connectivity index (χ3v) is 5.16. The van der Waals surface area contributed by atoms with Gasteiger partial charge in [-0.15, -0.1) is 0 Å². The lowest BCUT2D eigenvalue weighted by molar-refractivity contribution is -0.0283. The summed E-state index contributed by atoms with van der Waals surface area (Å²) in [6.45, 7) is 3.00. The number of hydrogen-bond donors (Lipinski definition) is 2. The van der Waals surface area contributed by atoms with Crippen molar-refractivity contribution in [3.63, 3.8) is 0 Å². The average Bonchev–Trinajstić information content (AvgIpc) is 3.18. The molecule has 7 heteroatoms. The Balaban J connectivity index is 1.49. The Morgan fingerprint density at radius 1 is 1.23 bits per heavy atom. The Kier molecular flexibility index (Phi) is 3.70. The van der Waals surface area contributed by atoms with E-state index >= 15 is 0 Å². The van der Waals surface area contributed by atoms with Crippen LogP contribution in [0.5, 0.6) is 0 Å². The second-order valence-electron chi connectivity index (χ2n) is 6.73. The van der Waals surface area contributed by atoms with Crippen LogP contribution >= 0.6 is 11.6 Å². The molecule has 2 aliphatic rings. The van der Waals surface area contributed by atoms with Gasteiger partial charge in [0.1, 0.15) is 0 Å². The smallest absolute Gasteiger partial charge is 0.256 e. The molecule has 26 heavy (non-hydrogen) atoms. The summed E-state index contributed by atoms with van der Waals surface area (Å²) in [5.74, 6) is -0.187. The molecule has 0 atom stereocenters. The maximum absolute atomic E-state index is 12.9. The third-order valence-electron chi connectivity index (χ3n) is 4.94. The van der Waals surface area contributed by atoms with E-state index in [0.29, 0.717) is 29.3 Å². The summed E-state index contributed by atoms with van der Waals surface area (Å²) in [7, 11) is 0. The summed E-state index contributed by atoms with van der Waals surface area (Å²) in [4.78, 5) is 12.9. The lowest BCUT2D eigenvalue weighted by Gasteiger charge is -2.25. The van der Waals surface area contributed by atoms with Crippen LogP contribution in [0.3, 0.4) is 0 Å². The molecule has 0 aliphatic carbocycles. The van der Waals surface area contributed by atoms with E-state index in [9.17, 15) is 4.79 Å². The highest BCUT2D eigenvalue weighted by molar-refractivity contribution is 6.32. The second kappa shape index (κ2) is 6.09. The number of carbonyl (C=O) groups is 1. The van der Waals surface area contributed by atoms with Gasteiger partial charge in [0.05, 0.1) is 30.3 Å². The number of aromatic nitrogens is 2. The molecule has 1 aromatic heterocycles. The SMILES string of the molecule is O=C(Nc1ccc2c(c1)CNC2)c1cc(Cl)cc2nn(C3COC3)cc12. The Morgan fingerprint density at radius 2 is 2.08 bits per heavy atom. The van der Waals surface area contributed by atoms with Crippen molar-refractivity contribution in [2.75, 3.05) is 18.5 Å². The molecule has 2 N–H and O–H groups in total. The highest BCUT2D eigenvalue weighted by atomic mass is 35.5. The number of fused-ring (bicyclic) bond motifs is 2. The van der Waals surface area contributed by atoms with Gasteiger partial charge in [-0.1, -0.05) is 17.7 Å². The summed E-state index contributed by atoms with van der Waals surface area (Å²) in [5.41, 5.74) is 4.52. The minimum Gasteiger partial charge on any atom is -0.377 e. The van der Waals surface area contributed by atoms with Crippen molar-refractivity contribution in [3.05, 3.63) is 58.2 Å². The van der Waals surface area contributed by atoms with Crippen LogP contribution in [0.1, 0.15) is 27.5 Å². The summed E-state index contributed by atoms with van der Waals surface area (Å²) in [6.07, 6.45) is 1.90. The fourth-order valence-corrected chi connectivity index (χ4v) is 3.64. The number of amides is 1. The van der Waals surface area contributed by atoms with Crippen LogP contribution < -0.4 is 10.6 Å². The normalized spacial score (nSPS) is 16.5. The Morgan fingerprint density at radius 3 is 2.88 bits per heavy atom. The molecule has 0 bridgehead atoms. The molecule has 3 aromatic rings. The highest BCUT2D eigenvalue weighted by Gasteiger charge is 2.23.